The van der Waals surface area contributed by atoms with Gasteiger partial charge in [0.1, 0.15) is 16.4 Å². The van der Waals surface area contributed by atoms with E-state index < -0.39 is 0 Å². The summed E-state index contributed by atoms with van der Waals surface area (Å²) < 4.78 is 11.5. The van der Waals surface area contributed by atoms with E-state index in [1.54, 1.807) is 21.1 Å². The molecule has 0 spiro atoms. The summed E-state index contributed by atoms with van der Waals surface area (Å²) in [7, 11) is 3.19. The molecule has 0 atom stereocenters. The molecule has 0 saturated heterocycles. The van der Waals surface area contributed by atoms with Crippen LogP contribution in [0.25, 0.3) is 10.1 Å². The zero-order chi connectivity index (χ0) is 11.7. The van der Waals surface area contributed by atoms with E-state index in [1.807, 2.05) is 18.2 Å². The molecule has 0 aliphatic rings. The summed E-state index contributed by atoms with van der Waals surface area (Å²) in [5, 5.41) is 0.928. The highest BCUT2D eigenvalue weighted by Gasteiger charge is 2.16. The van der Waals surface area contributed by atoms with Crippen LogP contribution in [0.4, 0.5) is 0 Å². The van der Waals surface area contributed by atoms with Crippen molar-refractivity contribution in [2.24, 2.45) is 0 Å². The highest BCUT2D eigenvalue weighted by molar-refractivity contribution is 7.21. The molecular weight excluding hydrogens is 224 g/mol. The standard InChI is InChI=1S/C12H12O3S/c1-7(13)12-11(15-3)9-6-8(14-2)4-5-10(9)16-12/h4-6H,1-3H3. The Bertz CT molecular complexity index is 542. The summed E-state index contributed by atoms with van der Waals surface area (Å²) in [5.74, 6) is 1.43. The Kier molecular flexibility index (Phi) is 2.83. The number of benzene rings is 1. The summed E-state index contributed by atoms with van der Waals surface area (Å²) in [6.07, 6.45) is 0. The number of Topliss-reactive ketones (excluding diaryl/α,β-unsaturated/α-hetero) is 1. The van der Waals surface area contributed by atoms with E-state index in [0.29, 0.717) is 10.6 Å². The topological polar surface area (TPSA) is 35.5 Å². The van der Waals surface area contributed by atoms with Gasteiger partial charge in [-0.25, -0.2) is 0 Å². The van der Waals surface area contributed by atoms with E-state index in [1.165, 1.54) is 11.3 Å². The van der Waals surface area contributed by atoms with Crippen LogP contribution in [0.5, 0.6) is 11.5 Å². The quantitative estimate of drug-likeness (QED) is 0.768. The van der Waals surface area contributed by atoms with E-state index >= 15 is 0 Å². The van der Waals surface area contributed by atoms with E-state index in [9.17, 15) is 4.79 Å². The van der Waals surface area contributed by atoms with Gasteiger partial charge in [-0.05, 0) is 18.2 Å². The second-order valence-electron chi connectivity index (χ2n) is 3.38. The zero-order valence-electron chi connectivity index (χ0n) is 9.37. The maximum absolute atomic E-state index is 11.4. The van der Waals surface area contributed by atoms with Gasteiger partial charge in [-0.1, -0.05) is 0 Å². The number of thiophene rings is 1. The average Bonchev–Trinajstić information content (AvgIpc) is 2.66. The monoisotopic (exact) mass is 236 g/mol. The molecule has 0 aliphatic carbocycles. The lowest BCUT2D eigenvalue weighted by Crippen LogP contribution is -1.92. The Morgan fingerprint density at radius 1 is 1.25 bits per heavy atom. The normalized spacial score (nSPS) is 10.4. The zero-order valence-corrected chi connectivity index (χ0v) is 10.2. The largest absolute Gasteiger partial charge is 0.497 e. The van der Waals surface area contributed by atoms with Crippen molar-refractivity contribution in [1.82, 2.24) is 0 Å². The maximum atomic E-state index is 11.4. The Morgan fingerprint density at radius 2 is 2.00 bits per heavy atom. The van der Waals surface area contributed by atoms with Crippen LogP contribution in [-0.2, 0) is 0 Å². The number of rotatable bonds is 3. The first kappa shape index (κ1) is 11.0. The van der Waals surface area contributed by atoms with Crippen molar-refractivity contribution < 1.29 is 14.3 Å². The minimum Gasteiger partial charge on any atom is -0.497 e. The molecule has 1 aromatic carbocycles. The lowest BCUT2D eigenvalue weighted by molar-refractivity contribution is 0.101. The summed E-state index contributed by atoms with van der Waals surface area (Å²) in [6.45, 7) is 1.55. The lowest BCUT2D eigenvalue weighted by Gasteiger charge is -2.01. The molecule has 0 bridgehead atoms. The number of fused-ring (bicyclic) bond motifs is 1. The number of methoxy groups -OCH3 is 2. The summed E-state index contributed by atoms with van der Waals surface area (Å²) in [4.78, 5) is 12.1. The molecule has 0 aliphatic heterocycles. The van der Waals surface area contributed by atoms with Crippen molar-refractivity contribution in [3.63, 3.8) is 0 Å². The maximum Gasteiger partial charge on any atom is 0.173 e. The van der Waals surface area contributed by atoms with E-state index in [2.05, 4.69) is 0 Å². The Hall–Kier alpha value is -1.55. The molecule has 1 heterocycles. The molecule has 3 nitrogen and oxygen atoms in total. The predicted molar refractivity (Wildman–Crippen MR) is 64.9 cm³/mol. The Labute approximate surface area is 97.6 Å². The van der Waals surface area contributed by atoms with Crippen molar-refractivity contribution in [3.05, 3.63) is 23.1 Å². The fourth-order valence-electron chi connectivity index (χ4n) is 1.62. The fourth-order valence-corrected chi connectivity index (χ4v) is 2.66. The molecule has 0 amide bonds. The Morgan fingerprint density at radius 3 is 2.56 bits per heavy atom. The first-order valence-electron chi connectivity index (χ1n) is 4.83. The third-order valence-corrected chi connectivity index (χ3v) is 3.63. The second-order valence-corrected chi connectivity index (χ2v) is 4.43. The number of hydrogen-bond donors (Lipinski definition) is 0. The van der Waals surface area contributed by atoms with Gasteiger partial charge in [-0.2, -0.15) is 0 Å². The molecule has 84 valence electrons. The van der Waals surface area contributed by atoms with Crippen molar-refractivity contribution in [2.45, 2.75) is 6.92 Å². The van der Waals surface area contributed by atoms with Crippen LogP contribution >= 0.6 is 11.3 Å². The lowest BCUT2D eigenvalue weighted by atomic mass is 10.2. The van der Waals surface area contributed by atoms with Crippen LogP contribution in [-0.4, -0.2) is 20.0 Å². The highest BCUT2D eigenvalue weighted by Crippen LogP contribution is 2.39. The molecule has 16 heavy (non-hydrogen) atoms. The molecule has 2 rings (SSSR count). The van der Waals surface area contributed by atoms with Gasteiger partial charge in [0.2, 0.25) is 0 Å². The molecule has 0 unspecified atom stereocenters. The van der Waals surface area contributed by atoms with Gasteiger partial charge < -0.3 is 9.47 Å². The number of ketones is 1. The van der Waals surface area contributed by atoms with Crippen molar-refractivity contribution >= 4 is 27.2 Å². The number of ether oxygens (including phenoxy) is 2. The number of carbonyl (C=O) groups is 1. The van der Waals surface area contributed by atoms with Crippen LogP contribution in [0.15, 0.2) is 18.2 Å². The van der Waals surface area contributed by atoms with Crippen LogP contribution in [0.2, 0.25) is 0 Å². The van der Waals surface area contributed by atoms with Crippen LogP contribution in [0.1, 0.15) is 16.6 Å². The van der Waals surface area contributed by atoms with Gasteiger partial charge in [0.15, 0.2) is 5.78 Å². The summed E-state index contributed by atoms with van der Waals surface area (Å²) in [6, 6.07) is 5.70. The second kappa shape index (κ2) is 4.14. The highest BCUT2D eigenvalue weighted by atomic mass is 32.1. The fraction of sp³-hybridized carbons (Fsp3) is 0.250. The van der Waals surface area contributed by atoms with Gasteiger partial charge in [-0.15, -0.1) is 11.3 Å². The van der Waals surface area contributed by atoms with Gasteiger partial charge in [0.05, 0.1) is 14.2 Å². The van der Waals surface area contributed by atoms with Gasteiger partial charge in [0.25, 0.3) is 0 Å². The molecule has 0 radical (unpaired) electrons. The van der Waals surface area contributed by atoms with Crippen molar-refractivity contribution in [3.8, 4) is 11.5 Å². The number of hydrogen-bond acceptors (Lipinski definition) is 4. The molecule has 0 saturated carbocycles. The third-order valence-electron chi connectivity index (χ3n) is 2.37. The predicted octanol–water partition coefficient (Wildman–Crippen LogP) is 3.12. The summed E-state index contributed by atoms with van der Waals surface area (Å²) in [5.41, 5.74) is 0. The molecule has 1 aromatic heterocycles. The van der Waals surface area contributed by atoms with Gasteiger partial charge in [0, 0.05) is 17.0 Å². The van der Waals surface area contributed by atoms with Gasteiger partial charge in [-0.3, -0.25) is 4.79 Å². The van der Waals surface area contributed by atoms with Gasteiger partial charge >= 0.3 is 0 Å². The molecule has 2 aromatic rings. The molecule has 4 heteroatoms. The number of carbonyl (C=O) groups excluding carboxylic acids is 1. The molecular formula is C12H12O3S. The Balaban J connectivity index is 2.73. The van der Waals surface area contributed by atoms with Crippen LogP contribution < -0.4 is 9.47 Å². The molecule has 0 N–H and O–H groups in total. The van der Waals surface area contributed by atoms with Crippen LogP contribution in [0.3, 0.4) is 0 Å². The van der Waals surface area contributed by atoms with E-state index in [4.69, 9.17) is 9.47 Å². The molecule has 0 fully saturated rings. The van der Waals surface area contributed by atoms with E-state index in [0.717, 1.165) is 15.8 Å². The SMILES string of the molecule is COc1ccc2sc(C(C)=O)c(OC)c2c1. The van der Waals surface area contributed by atoms with Crippen LogP contribution in [0, 0.1) is 0 Å². The van der Waals surface area contributed by atoms with E-state index in [-0.39, 0.29) is 5.78 Å². The minimum absolute atomic E-state index is 0.0250. The first-order valence-corrected chi connectivity index (χ1v) is 5.64. The van der Waals surface area contributed by atoms with Crippen molar-refractivity contribution in [1.29, 1.82) is 0 Å². The summed E-state index contributed by atoms with van der Waals surface area (Å²) >= 11 is 1.45. The minimum atomic E-state index is 0.0250. The van der Waals surface area contributed by atoms with Crippen molar-refractivity contribution in [2.75, 3.05) is 14.2 Å². The first-order chi connectivity index (χ1) is 7.67. The third kappa shape index (κ3) is 1.65. The average molecular weight is 236 g/mol. The smallest absolute Gasteiger partial charge is 0.173 e.